The number of phenolic OH excluding ortho intramolecular Hbond substituents is 1. The molecule has 1 aromatic carbocycles. The number of aromatic hydroxyl groups is 1. The number of phenols is 1. The Morgan fingerprint density at radius 2 is 2.00 bits per heavy atom. The molecule has 1 aromatic rings. The summed E-state index contributed by atoms with van der Waals surface area (Å²) in [5, 5.41) is 9.11. The lowest BCUT2D eigenvalue weighted by atomic mass is 10.3. The molecule has 0 aliphatic carbocycles. The van der Waals surface area contributed by atoms with E-state index in [1.807, 2.05) is 13.8 Å². The van der Waals surface area contributed by atoms with E-state index in [-0.39, 0.29) is 24.3 Å². The fourth-order valence-corrected chi connectivity index (χ4v) is 0.879. The van der Waals surface area contributed by atoms with E-state index < -0.39 is 0 Å². The number of nitrogens with two attached hydrogens (primary N) is 1. The van der Waals surface area contributed by atoms with Crippen LogP contribution in [-0.4, -0.2) is 11.2 Å². The van der Waals surface area contributed by atoms with Gasteiger partial charge in [-0.15, -0.1) is 12.4 Å². The van der Waals surface area contributed by atoms with Crippen LogP contribution < -0.4 is 10.5 Å². The highest BCUT2D eigenvalue weighted by atomic mass is 35.5. The lowest BCUT2D eigenvalue weighted by molar-refractivity contribution is 0.243. The Morgan fingerprint density at radius 3 is 2.54 bits per heavy atom. The summed E-state index contributed by atoms with van der Waals surface area (Å²) in [6, 6.07) is 4.66. The molecule has 0 unspecified atom stereocenters. The highest BCUT2D eigenvalue weighted by Gasteiger charge is 2.02. The van der Waals surface area contributed by atoms with Gasteiger partial charge in [0, 0.05) is 6.07 Å². The highest BCUT2D eigenvalue weighted by Crippen LogP contribution is 2.26. The fourth-order valence-electron chi connectivity index (χ4n) is 0.879. The summed E-state index contributed by atoms with van der Waals surface area (Å²) in [5.41, 5.74) is 6.14. The van der Waals surface area contributed by atoms with Crippen molar-refractivity contribution < 1.29 is 9.84 Å². The predicted molar refractivity (Wildman–Crippen MR) is 55.5 cm³/mol. The number of rotatable bonds is 2. The van der Waals surface area contributed by atoms with Crippen LogP contribution in [0.5, 0.6) is 11.5 Å². The molecule has 0 radical (unpaired) electrons. The first-order valence-corrected chi connectivity index (χ1v) is 3.84. The van der Waals surface area contributed by atoms with E-state index in [9.17, 15) is 0 Å². The minimum atomic E-state index is 0. The molecule has 0 fully saturated rings. The van der Waals surface area contributed by atoms with Crippen LogP contribution in [0.4, 0.5) is 5.69 Å². The average molecular weight is 204 g/mol. The quantitative estimate of drug-likeness (QED) is 0.572. The van der Waals surface area contributed by atoms with Crippen molar-refractivity contribution in [1.29, 1.82) is 0 Å². The molecule has 0 aromatic heterocycles. The smallest absolute Gasteiger partial charge is 0.146 e. The van der Waals surface area contributed by atoms with Crippen molar-refractivity contribution in [2.75, 3.05) is 5.73 Å². The molecular formula is C9H14ClNO2. The van der Waals surface area contributed by atoms with Crippen LogP contribution >= 0.6 is 12.4 Å². The monoisotopic (exact) mass is 203 g/mol. The summed E-state index contributed by atoms with van der Waals surface area (Å²) in [4.78, 5) is 0. The molecule has 3 nitrogen and oxygen atoms in total. The Hall–Kier alpha value is -1.09. The van der Waals surface area contributed by atoms with Crippen molar-refractivity contribution in [2.45, 2.75) is 20.0 Å². The molecule has 0 amide bonds. The number of halogens is 1. The van der Waals surface area contributed by atoms with Gasteiger partial charge in [-0.3, -0.25) is 0 Å². The second kappa shape index (κ2) is 4.82. The van der Waals surface area contributed by atoms with Crippen LogP contribution in [0.1, 0.15) is 13.8 Å². The molecule has 0 atom stereocenters. The SMILES string of the molecule is CC(C)Oc1cc(O)ccc1N.Cl. The van der Waals surface area contributed by atoms with E-state index in [4.69, 9.17) is 15.6 Å². The van der Waals surface area contributed by atoms with Crippen LogP contribution in [-0.2, 0) is 0 Å². The fraction of sp³-hybridized carbons (Fsp3) is 0.333. The maximum atomic E-state index is 9.11. The zero-order valence-electron chi connectivity index (χ0n) is 7.65. The molecule has 0 bridgehead atoms. The maximum absolute atomic E-state index is 9.11. The molecule has 13 heavy (non-hydrogen) atoms. The maximum Gasteiger partial charge on any atom is 0.146 e. The summed E-state index contributed by atoms with van der Waals surface area (Å²) in [7, 11) is 0. The molecule has 74 valence electrons. The molecular weight excluding hydrogens is 190 g/mol. The molecule has 0 aliphatic heterocycles. The Bertz CT molecular complexity index is 276. The Labute approximate surface area is 83.9 Å². The second-order valence-corrected chi connectivity index (χ2v) is 2.89. The van der Waals surface area contributed by atoms with E-state index in [0.29, 0.717) is 11.4 Å². The molecule has 0 saturated carbocycles. The minimum absolute atomic E-state index is 0. The van der Waals surface area contributed by atoms with Crippen LogP contribution in [0.2, 0.25) is 0 Å². The predicted octanol–water partition coefficient (Wildman–Crippen LogP) is 2.18. The summed E-state index contributed by atoms with van der Waals surface area (Å²) >= 11 is 0. The Balaban J connectivity index is 0.00000144. The molecule has 3 N–H and O–H groups in total. The van der Waals surface area contributed by atoms with Crippen molar-refractivity contribution >= 4 is 18.1 Å². The summed E-state index contributed by atoms with van der Waals surface area (Å²) < 4.78 is 5.34. The van der Waals surface area contributed by atoms with Gasteiger partial charge in [0.2, 0.25) is 0 Å². The first kappa shape index (κ1) is 11.9. The van der Waals surface area contributed by atoms with Gasteiger partial charge < -0.3 is 15.6 Å². The normalized spacial score (nSPS) is 9.46. The van der Waals surface area contributed by atoms with Gasteiger partial charge in [-0.05, 0) is 26.0 Å². The van der Waals surface area contributed by atoms with E-state index in [1.54, 1.807) is 6.07 Å². The Kier molecular flexibility index (Phi) is 4.42. The summed E-state index contributed by atoms with van der Waals surface area (Å²) in [6.45, 7) is 3.81. The summed E-state index contributed by atoms with van der Waals surface area (Å²) in [5.74, 6) is 0.699. The highest BCUT2D eigenvalue weighted by molar-refractivity contribution is 5.85. The number of benzene rings is 1. The van der Waals surface area contributed by atoms with Gasteiger partial charge in [0.25, 0.3) is 0 Å². The first-order valence-electron chi connectivity index (χ1n) is 3.84. The third-order valence-electron chi connectivity index (χ3n) is 1.36. The van der Waals surface area contributed by atoms with Crippen molar-refractivity contribution in [3.05, 3.63) is 18.2 Å². The molecule has 0 heterocycles. The molecule has 0 spiro atoms. The number of hydrogen-bond donors (Lipinski definition) is 2. The van der Waals surface area contributed by atoms with Gasteiger partial charge in [-0.25, -0.2) is 0 Å². The van der Waals surface area contributed by atoms with Gasteiger partial charge in [0.1, 0.15) is 11.5 Å². The van der Waals surface area contributed by atoms with E-state index in [0.717, 1.165) is 0 Å². The van der Waals surface area contributed by atoms with Gasteiger partial charge >= 0.3 is 0 Å². The van der Waals surface area contributed by atoms with Crippen molar-refractivity contribution in [1.82, 2.24) is 0 Å². The van der Waals surface area contributed by atoms with E-state index in [2.05, 4.69) is 0 Å². The second-order valence-electron chi connectivity index (χ2n) is 2.89. The van der Waals surface area contributed by atoms with Gasteiger partial charge in [-0.2, -0.15) is 0 Å². The third-order valence-corrected chi connectivity index (χ3v) is 1.36. The first-order chi connectivity index (χ1) is 5.59. The van der Waals surface area contributed by atoms with Gasteiger partial charge in [0.05, 0.1) is 11.8 Å². The number of ether oxygens (including phenoxy) is 1. The van der Waals surface area contributed by atoms with Crippen molar-refractivity contribution in [3.63, 3.8) is 0 Å². The number of anilines is 1. The zero-order valence-corrected chi connectivity index (χ0v) is 8.47. The molecule has 4 heteroatoms. The topological polar surface area (TPSA) is 55.5 Å². The van der Waals surface area contributed by atoms with Crippen LogP contribution in [0.25, 0.3) is 0 Å². The van der Waals surface area contributed by atoms with Crippen LogP contribution in [0.15, 0.2) is 18.2 Å². The van der Waals surface area contributed by atoms with Gasteiger partial charge in [-0.1, -0.05) is 0 Å². The van der Waals surface area contributed by atoms with E-state index in [1.165, 1.54) is 12.1 Å². The molecule has 1 rings (SSSR count). The van der Waals surface area contributed by atoms with Crippen molar-refractivity contribution in [2.24, 2.45) is 0 Å². The number of nitrogen functional groups attached to an aromatic ring is 1. The van der Waals surface area contributed by atoms with Crippen molar-refractivity contribution in [3.8, 4) is 11.5 Å². The molecule has 0 aliphatic rings. The van der Waals surface area contributed by atoms with Crippen LogP contribution in [0, 0.1) is 0 Å². The standard InChI is InChI=1S/C9H13NO2.ClH/c1-6(2)12-9-5-7(11)3-4-8(9)10;/h3-6,11H,10H2,1-2H3;1H. The van der Waals surface area contributed by atoms with Gasteiger partial charge in [0.15, 0.2) is 0 Å². The number of hydrogen-bond acceptors (Lipinski definition) is 3. The van der Waals surface area contributed by atoms with Crippen LogP contribution in [0.3, 0.4) is 0 Å². The average Bonchev–Trinajstić information content (AvgIpc) is 1.96. The Morgan fingerprint density at radius 1 is 1.38 bits per heavy atom. The lowest BCUT2D eigenvalue weighted by Gasteiger charge is -2.11. The zero-order chi connectivity index (χ0) is 9.14. The van der Waals surface area contributed by atoms with E-state index >= 15 is 0 Å². The third kappa shape index (κ3) is 3.42. The largest absolute Gasteiger partial charge is 0.508 e. The minimum Gasteiger partial charge on any atom is -0.508 e. The molecule has 0 saturated heterocycles. The summed E-state index contributed by atoms with van der Waals surface area (Å²) in [6.07, 6.45) is 0.0640. The lowest BCUT2D eigenvalue weighted by Crippen LogP contribution is -2.07.